The van der Waals surface area contributed by atoms with E-state index in [-0.39, 0.29) is 23.3 Å². The fraction of sp³-hybridized carbons (Fsp3) is 0.867. The number of amides is 2. The van der Waals surface area contributed by atoms with Crippen LogP contribution in [0.4, 0.5) is 0 Å². The van der Waals surface area contributed by atoms with Crippen molar-refractivity contribution in [3.63, 3.8) is 0 Å². The van der Waals surface area contributed by atoms with Crippen molar-refractivity contribution in [1.29, 1.82) is 0 Å². The molecule has 0 aromatic rings. The lowest BCUT2D eigenvalue weighted by molar-refractivity contribution is -0.141. The minimum Gasteiger partial charge on any atom is -0.341 e. The normalized spacial score (nSPS) is 24.9. The number of rotatable bonds is 2. The molecule has 0 aliphatic carbocycles. The van der Waals surface area contributed by atoms with E-state index in [9.17, 15) is 9.59 Å². The monoisotopic (exact) mass is 281 g/mol. The Morgan fingerprint density at radius 1 is 1.35 bits per heavy atom. The maximum absolute atomic E-state index is 12.3. The van der Waals surface area contributed by atoms with Gasteiger partial charge in [-0.3, -0.25) is 9.59 Å². The number of carbonyl (C=O) groups excluding carboxylic acids is 2. The van der Waals surface area contributed by atoms with Gasteiger partial charge in [0, 0.05) is 38.6 Å². The van der Waals surface area contributed by atoms with E-state index >= 15 is 0 Å². The largest absolute Gasteiger partial charge is 0.341 e. The fourth-order valence-electron chi connectivity index (χ4n) is 3.01. The van der Waals surface area contributed by atoms with Gasteiger partial charge in [0.2, 0.25) is 11.8 Å². The zero-order valence-electron chi connectivity index (χ0n) is 12.9. The molecule has 5 nitrogen and oxygen atoms in total. The number of nitrogens with one attached hydrogen (secondary N) is 1. The van der Waals surface area contributed by atoms with Crippen molar-refractivity contribution < 1.29 is 9.59 Å². The van der Waals surface area contributed by atoms with Crippen LogP contribution in [-0.2, 0) is 9.59 Å². The molecule has 0 spiro atoms. The quantitative estimate of drug-likeness (QED) is 0.816. The Morgan fingerprint density at radius 3 is 2.75 bits per heavy atom. The number of hydrogen-bond acceptors (Lipinski definition) is 3. The highest BCUT2D eigenvalue weighted by atomic mass is 16.2. The van der Waals surface area contributed by atoms with E-state index in [0.29, 0.717) is 19.5 Å². The molecule has 2 rings (SSSR count). The molecule has 20 heavy (non-hydrogen) atoms. The second kappa shape index (κ2) is 6.12. The average Bonchev–Trinajstić information content (AvgIpc) is 2.37. The Kier molecular flexibility index (Phi) is 4.68. The molecule has 2 aliphatic rings. The molecule has 1 unspecified atom stereocenters. The summed E-state index contributed by atoms with van der Waals surface area (Å²) in [5.74, 6) is 0.399. The average molecular weight is 281 g/mol. The van der Waals surface area contributed by atoms with E-state index in [0.717, 1.165) is 32.5 Å². The van der Waals surface area contributed by atoms with Gasteiger partial charge in [-0.2, -0.15) is 0 Å². The molecule has 0 bridgehead atoms. The lowest BCUT2D eigenvalue weighted by Crippen LogP contribution is -2.57. The Bertz CT molecular complexity index is 376. The molecule has 2 saturated heterocycles. The summed E-state index contributed by atoms with van der Waals surface area (Å²) in [6, 6.07) is 0.210. The predicted octanol–water partition coefficient (Wildman–Crippen LogP) is 0.845. The second-order valence-electron chi connectivity index (χ2n) is 7.14. The minimum absolute atomic E-state index is 0.0227. The molecular weight excluding hydrogens is 254 g/mol. The Morgan fingerprint density at radius 2 is 2.10 bits per heavy atom. The van der Waals surface area contributed by atoms with E-state index in [1.54, 1.807) is 0 Å². The highest BCUT2D eigenvalue weighted by Crippen LogP contribution is 2.23. The number of hydrogen-bond donors (Lipinski definition) is 1. The molecule has 5 heteroatoms. The third kappa shape index (κ3) is 3.95. The summed E-state index contributed by atoms with van der Waals surface area (Å²) >= 11 is 0. The van der Waals surface area contributed by atoms with Crippen molar-refractivity contribution in [3.05, 3.63) is 0 Å². The second-order valence-corrected chi connectivity index (χ2v) is 7.14. The first kappa shape index (κ1) is 15.3. The van der Waals surface area contributed by atoms with Gasteiger partial charge in [0.1, 0.15) is 0 Å². The lowest BCUT2D eigenvalue weighted by atomic mass is 9.91. The third-order valence-corrected chi connectivity index (χ3v) is 4.00. The minimum atomic E-state index is 0.0227. The van der Waals surface area contributed by atoms with E-state index in [4.69, 9.17) is 0 Å². The molecule has 114 valence electrons. The van der Waals surface area contributed by atoms with Crippen LogP contribution in [0, 0.1) is 5.41 Å². The van der Waals surface area contributed by atoms with Gasteiger partial charge in [0.25, 0.3) is 0 Å². The lowest BCUT2D eigenvalue weighted by Gasteiger charge is -2.41. The summed E-state index contributed by atoms with van der Waals surface area (Å²) in [5.41, 5.74) is 0.0227. The molecule has 2 aliphatic heterocycles. The standard InChI is InChI=1S/C15H27N3O2/c1-15(2,3)9-13(19)17-7-4-5-12(11-17)18-8-6-16-10-14(18)20/h12,16H,4-11H2,1-3H3. The maximum Gasteiger partial charge on any atom is 0.236 e. The summed E-state index contributed by atoms with van der Waals surface area (Å²) in [6.45, 7) is 9.88. The molecule has 0 saturated carbocycles. The molecular formula is C15H27N3O2. The van der Waals surface area contributed by atoms with Crippen molar-refractivity contribution in [2.75, 3.05) is 32.7 Å². The van der Waals surface area contributed by atoms with Gasteiger partial charge >= 0.3 is 0 Å². The molecule has 2 heterocycles. The number of likely N-dealkylation sites (tertiary alicyclic amines) is 1. The molecule has 0 aromatic carbocycles. The van der Waals surface area contributed by atoms with Crippen molar-refractivity contribution >= 4 is 11.8 Å². The van der Waals surface area contributed by atoms with Crippen LogP contribution in [0.2, 0.25) is 0 Å². The molecule has 2 amide bonds. The van der Waals surface area contributed by atoms with Gasteiger partial charge in [-0.1, -0.05) is 20.8 Å². The van der Waals surface area contributed by atoms with Crippen LogP contribution < -0.4 is 5.32 Å². The van der Waals surface area contributed by atoms with Gasteiger partial charge in [0.05, 0.1) is 6.54 Å². The Balaban J connectivity index is 1.94. The topological polar surface area (TPSA) is 52.7 Å². The first-order valence-electron chi connectivity index (χ1n) is 7.65. The molecule has 0 radical (unpaired) electrons. The molecule has 2 fully saturated rings. The van der Waals surface area contributed by atoms with Gasteiger partial charge in [-0.05, 0) is 18.3 Å². The SMILES string of the molecule is CC(C)(C)CC(=O)N1CCCC(N2CCNCC2=O)C1. The highest BCUT2D eigenvalue weighted by Gasteiger charge is 2.32. The van der Waals surface area contributed by atoms with E-state index in [1.807, 2.05) is 9.80 Å². The van der Waals surface area contributed by atoms with Gasteiger partial charge in [-0.25, -0.2) is 0 Å². The summed E-state index contributed by atoms with van der Waals surface area (Å²) in [5, 5.41) is 3.10. The van der Waals surface area contributed by atoms with E-state index in [1.165, 1.54) is 0 Å². The first-order chi connectivity index (χ1) is 9.37. The maximum atomic E-state index is 12.3. The van der Waals surface area contributed by atoms with Crippen LogP contribution >= 0.6 is 0 Å². The Labute approximate surface area is 121 Å². The number of nitrogens with zero attached hydrogens (tertiary/aromatic N) is 2. The van der Waals surface area contributed by atoms with Gasteiger partial charge < -0.3 is 15.1 Å². The van der Waals surface area contributed by atoms with Crippen LogP contribution in [0.3, 0.4) is 0 Å². The van der Waals surface area contributed by atoms with Crippen LogP contribution in [0.15, 0.2) is 0 Å². The molecule has 1 N–H and O–H groups in total. The summed E-state index contributed by atoms with van der Waals surface area (Å²) in [7, 11) is 0. The van der Waals surface area contributed by atoms with Crippen LogP contribution in [0.25, 0.3) is 0 Å². The molecule has 0 aromatic heterocycles. The summed E-state index contributed by atoms with van der Waals surface area (Å²) < 4.78 is 0. The smallest absolute Gasteiger partial charge is 0.236 e. The van der Waals surface area contributed by atoms with Crippen molar-refractivity contribution in [1.82, 2.24) is 15.1 Å². The third-order valence-electron chi connectivity index (χ3n) is 4.00. The Hall–Kier alpha value is -1.10. The van der Waals surface area contributed by atoms with Crippen molar-refractivity contribution in [2.24, 2.45) is 5.41 Å². The van der Waals surface area contributed by atoms with Gasteiger partial charge in [0.15, 0.2) is 0 Å². The molecule has 1 atom stereocenters. The first-order valence-corrected chi connectivity index (χ1v) is 7.65. The zero-order chi connectivity index (χ0) is 14.8. The van der Waals surface area contributed by atoms with Crippen molar-refractivity contribution in [3.8, 4) is 0 Å². The highest BCUT2D eigenvalue weighted by molar-refractivity contribution is 5.80. The fourth-order valence-corrected chi connectivity index (χ4v) is 3.01. The van der Waals surface area contributed by atoms with Crippen LogP contribution in [0.5, 0.6) is 0 Å². The van der Waals surface area contributed by atoms with Crippen LogP contribution in [0.1, 0.15) is 40.0 Å². The number of piperazine rings is 1. The zero-order valence-corrected chi connectivity index (χ0v) is 12.9. The van der Waals surface area contributed by atoms with Gasteiger partial charge in [-0.15, -0.1) is 0 Å². The van der Waals surface area contributed by atoms with E-state index < -0.39 is 0 Å². The summed E-state index contributed by atoms with van der Waals surface area (Å²) in [4.78, 5) is 28.2. The predicted molar refractivity (Wildman–Crippen MR) is 78.3 cm³/mol. The summed E-state index contributed by atoms with van der Waals surface area (Å²) in [6.07, 6.45) is 2.60. The van der Waals surface area contributed by atoms with Crippen LogP contribution in [-0.4, -0.2) is 60.4 Å². The number of piperidine rings is 1. The van der Waals surface area contributed by atoms with E-state index in [2.05, 4.69) is 26.1 Å². The number of carbonyl (C=O) groups is 2. The van der Waals surface area contributed by atoms with Crippen molar-refractivity contribution in [2.45, 2.75) is 46.1 Å².